The highest BCUT2D eigenvalue weighted by Gasteiger charge is 2.12. The number of para-hydroxylation sites is 1. The van der Waals surface area contributed by atoms with Gasteiger partial charge in [-0.15, -0.1) is 0 Å². The quantitative estimate of drug-likeness (QED) is 0.726. The molecule has 0 spiro atoms. The molecule has 0 aliphatic heterocycles. The molecule has 0 unspecified atom stereocenters. The van der Waals surface area contributed by atoms with Gasteiger partial charge in [0.25, 0.3) is 5.91 Å². The summed E-state index contributed by atoms with van der Waals surface area (Å²) in [7, 11) is 1.62. The topological polar surface area (TPSA) is 76.1 Å². The summed E-state index contributed by atoms with van der Waals surface area (Å²) in [5, 5.41) is 6.00. The molecule has 0 atom stereocenters. The molecular formula is C20H20N4O2. The number of anilines is 3. The van der Waals surface area contributed by atoms with E-state index in [9.17, 15) is 4.79 Å². The Hall–Kier alpha value is -3.41. The highest BCUT2D eigenvalue weighted by Crippen LogP contribution is 2.19. The number of nitrogens with zero attached hydrogens (tertiary/aromatic N) is 2. The summed E-state index contributed by atoms with van der Waals surface area (Å²) in [5.41, 5.74) is 3.56. The van der Waals surface area contributed by atoms with Gasteiger partial charge in [0.1, 0.15) is 11.4 Å². The maximum absolute atomic E-state index is 12.6. The maximum atomic E-state index is 12.6. The van der Waals surface area contributed by atoms with Gasteiger partial charge in [0, 0.05) is 17.1 Å². The summed E-state index contributed by atoms with van der Waals surface area (Å²) in [4.78, 5) is 21.2. The van der Waals surface area contributed by atoms with E-state index < -0.39 is 0 Å². The highest BCUT2D eigenvalue weighted by atomic mass is 16.5. The van der Waals surface area contributed by atoms with E-state index in [-0.39, 0.29) is 5.91 Å². The van der Waals surface area contributed by atoms with Crippen LogP contribution >= 0.6 is 0 Å². The van der Waals surface area contributed by atoms with Crippen LogP contribution in [-0.4, -0.2) is 23.0 Å². The predicted octanol–water partition coefficient (Wildman–Crippen LogP) is 4.10. The van der Waals surface area contributed by atoms with Crippen molar-refractivity contribution in [2.45, 2.75) is 13.8 Å². The van der Waals surface area contributed by atoms with Crippen molar-refractivity contribution in [3.05, 3.63) is 71.5 Å². The number of aryl methyl sites for hydroxylation is 2. The summed E-state index contributed by atoms with van der Waals surface area (Å²) in [6.07, 6.45) is 0. The van der Waals surface area contributed by atoms with Crippen LogP contribution in [0.1, 0.15) is 21.7 Å². The van der Waals surface area contributed by atoms with E-state index in [0.29, 0.717) is 17.3 Å². The second-order valence-electron chi connectivity index (χ2n) is 5.84. The van der Waals surface area contributed by atoms with Crippen LogP contribution < -0.4 is 15.4 Å². The van der Waals surface area contributed by atoms with Crippen LogP contribution in [0.25, 0.3) is 0 Å². The van der Waals surface area contributed by atoms with E-state index in [1.165, 1.54) is 0 Å². The summed E-state index contributed by atoms with van der Waals surface area (Å²) in [6.45, 7) is 3.77. The van der Waals surface area contributed by atoms with Gasteiger partial charge >= 0.3 is 0 Å². The number of aromatic nitrogens is 2. The Bertz CT molecular complexity index is 923. The molecule has 2 N–H and O–H groups in total. The Morgan fingerprint density at radius 2 is 1.73 bits per heavy atom. The van der Waals surface area contributed by atoms with Crippen molar-refractivity contribution >= 4 is 23.2 Å². The van der Waals surface area contributed by atoms with Crippen LogP contribution in [0, 0.1) is 13.8 Å². The Morgan fingerprint density at radius 3 is 2.42 bits per heavy atom. The van der Waals surface area contributed by atoms with Crippen LogP contribution in [0.15, 0.2) is 54.6 Å². The van der Waals surface area contributed by atoms with Crippen molar-refractivity contribution in [1.82, 2.24) is 9.97 Å². The van der Waals surface area contributed by atoms with Crippen molar-refractivity contribution in [2.75, 3.05) is 17.7 Å². The molecule has 6 nitrogen and oxygen atoms in total. The minimum absolute atomic E-state index is 0.275. The predicted molar refractivity (Wildman–Crippen MR) is 102 cm³/mol. The molecule has 6 heteroatoms. The number of carbonyl (C=O) groups excluding carboxylic acids is 1. The zero-order chi connectivity index (χ0) is 18.5. The summed E-state index contributed by atoms with van der Waals surface area (Å²) < 4.78 is 5.14. The smallest absolute Gasteiger partial charge is 0.274 e. The van der Waals surface area contributed by atoms with Crippen molar-refractivity contribution in [2.24, 2.45) is 0 Å². The van der Waals surface area contributed by atoms with Crippen LogP contribution in [0.2, 0.25) is 0 Å². The van der Waals surface area contributed by atoms with Gasteiger partial charge in [-0.25, -0.2) is 9.97 Å². The van der Waals surface area contributed by atoms with Gasteiger partial charge in [0.2, 0.25) is 5.95 Å². The molecule has 1 amide bonds. The largest absolute Gasteiger partial charge is 0.497 e. The van der Waals surface area contributed by atoms with Gasteiger partial charge in [0.15, 0.2) is 0 Å². The van der Waals surface area contributed by atoms with Gasteiger partial charge in [-0.2, -0.15) is 0 Å². The molecule has 132 valence electrons. The fraction of sp³-hybridized carbons (Fsp3) is 0.150. The first kappa shape index (κ1) is 17.4. The molecule has 0 saturated heterocycles. The Kier molecular flexibility index (Phi) is 5.12. The maximum Gasteiger partial charge on any atom is 0.274 e. The number of methoxy groups -OCH3 is 1. The van der Waals surface area contributed by atoms with Gasteiger partial charge in [-0.1, -0.05) is 18.2 Å². The highest BCUT2D eigenvalue weighted by molar-refractivity contribution is 6.03. The first-order valence-electron chi connectivity index (χ1n) is 8.19. The number of hydrogen-bond acceptors (Lipinski definition) is 5. The van der Waals surface area contributed by atoms with Crippen LogP contribution in [0.5, 0.6) is 5.75 Å². The van der Waals surface area contributed by atoms with Crippen LogP contribution in [0.4, 0.5) is 17.3 Å². The monoisotopic (exact) mass is 348 g/mol. The fourth-order valence-electron chi connectivity index (χ4n) is 2.44. The van der Waals surface area contributed by atoms with Gasteiger partial charge in [-0.05, 0) is 55.8 Å². The van der Waals surface area contributed by atoms with E-state index in [1.807, 2.05) is 62.4 Å². The molecular weight excluding hydrogens is 328 g/mol. The molecule has 0 saturated carbocycles. The van der Waals surface area contributed by atoms with Crippen molar-refractivity contribution in [3.8, 4) is 5.75 Å². The average molecular weight is 348 g/mol. The Morgan fingerprint density at radius 1 is 1.00 bits per heavy atom. The van der Waals surface area contributed by atoms with Crippen LogP contribution in [-0.2, 0) is 0 Å². The van der Waals surface area contributed by atoms with E-state index in [1.54, 1.807) is 13.2 Å². The first-order chi connectivity index (χ1) is 12.5. The normalized spacial score (nSPS) is 10.3. The third kappa shape index (κ3) is 4.16. The number of hydrogen-bond donors (Lipinski definition) is 2. The van der Waals surface area contributed by atoms with E-state index in [0.717, 1.165) is 22.7 Å². The molecule has 0 fully saturated rings. The minimum Gasteiger partial charge on any atom is -0.497 e. The SMILES string of the molecule is COc1ccc(Nc2nc(C)cc(C(=O)Nc3ccccc3C)n2)cc1. The van der Waals surface area contributed by atoms with E-state index in [2.05, 4.69) is 20.6 Å². The fourth-order valence-corrected chi connectivity index (χ4v) is 2.44. The average Bonchev–Trinajstić information content (AvgIpc) is 2.64. The lowest BCUT2D eigenvalue weighted by Crippen LogP contribution is -2.16. The van der Waals surface area contributed by atoms with Gasteiger partial charge < -0.3 is 15.4 Å². The van der Waals surface area contributed by atoms with Crippen molar-refractivity contribution in [3.63, 3.8) is 0 Å². The third-order valence-electron chi connectivity index (χ3n) is 3.83. The first-order valence-corrected chi connectivity index (χ1v) is 8.19. The summed E-state index contributed by atoms with van der Waals surface area (Å²) in [6, 6.07) is 16.7. The lowest BCUT2D eigenvalue weighted by atomic mass is 10.2. The molecule has 3 rings (SSSR count). The lowest BCUT2D eigenvalue weighted by molar-refractivity contribution is 0.102. The van der Waals surface area contributed by atoms with Gasteiger partial charge in [0.05, 0.1) is 7.11 Å². The molecule has 2 aromatic carbocycles. The Balaban J connectivity index is 1.80. The number of amides is 1. The van der Waals surface area contributed by atoms with Crippen molar-refractivity contribution in [1.29, 1.82) is 0 Å². The minimum atomic E-state index is -0.275. The second-order valence-corrected chi connectivity index (χ2v) is 5.84. The molecule has 1 heterocycles. The van der Waals surface area contributed by atoms with E-state index in [4.69, 9.17) is 4.74 Å². The number of rotatable bonds is 5. The molecule has 1 aromatic heterocycles. The lowest BCUT2D eigenvalue weighted by Gasteiger charge is -2.10. The Labute approximate surface area is 152 Å². The van der Waals surface area contributed by atoms with Gasteiger partial charge in [-0.3, -0.25) is 4.79 Å². The standard InChI is InChI=1S/C20H20N4O2/c1-13-6-4-5-7-17(13)23-19(25)18-12-14(2)21-20(24-18)22-15-8-10-16(26-3)11-9-15/h4-12H,1-3H3,(H,23,25)(H,21,22,24). The summed E-state index contributed by atoms with van der Waals surface area (Å²) in [5.74, 6) is 0.853. The molecule has 0 bridgehead atoms. The number of nitrogens with one attached hydrogen (secondary N) is 2. The molecule has 3 aromatic rings. The molecule has 26 heavy (non-hydrogen) atoms. The second kappa shape index (κ2) is 7.65. The molecule has 0 radical (unpaired) electrons. The van der Waals surface area contributed by atoms with Crippen molar-refractivity contribution < 1.29 is 9.53 Å². The zero-order valence-electron chi connectivity index (χ0n) is 14.9. The van der Waals surface area contributed by atoms with Crippen LogP contribution in [0.3, 0.4) is 0 Å². The number of ether oxygens (including phenoxy) is 1. The number of benzene rings is 2. The summed E-state index contributed by atoms with van der Waals surface area (Å²) >= 11 is 0. The third-order valence-corrected chi connectivity index (χ3v) is 3.83. The number of carbonyl (C=O) groups is 1. The molecule has 0 aliphatic rings. The molecule has 0 aliphatic carbocycles. The van der Waals surface area contributed by atoms with E-state index >= 15 is 0 Å². The zero-order valence-corrected chi connectivity index (χ0v) is 14.9.